The lowest BCUT2D eigenvalue weighted by Crippen LogP contribution is -2.52. The number of amides is 2. The van der Waals surface area contributed by atoms with Crippen molar-refractivity contribution in [2.45, 2.75) is 88.8 Å². The van der Waals surface area contributed by atoms with E-state index in [1.807, 2.05) is 6.92 Å². The summed E-state index contributed by atoms with van der Waals surface area (Å²) in [5.74, 6) is -3.97. The van der Waals surface area contributed by atoms with E-state index in [1.54, 1.807) is 31.2 Å². The predicted molar refractivity (Wildman–Crippen MR) is 200 cm³/mol. The normalized spacial score (nSPS) is 24.6. The molecule has 308 valence electrons. The number of hydrogen-bond acceptors (Lipinski definition) is 15. The SMILES string of the molecule is CCCCOC(=O)Nc1ccc(COC(=O)N2CO[C@@H]3[C@H](C)O[C@@H](O[C@H]4C[C@](O)(C(=O)CO)Cc5c(O)c6c(c(O)c54)C(=O)c4c(OC)cccc4C6=O)C[C@@H]32)cc1. The Kier molecular flexibility index (Phi) is 11.4. The van der Waals surface area contributed by atoms with Crippen molar-refractivity contribution in [3.63, 3.8) is 0 Å². The molecular formula is C41H44N2O15. The first-order chi connectivity index (χ1) is 27.8. The number of methoxy groups -OCH3 is 1. The third-order valence-corrected chi connectivity index (χ3v) is 11.0. The summed E-state index contributed by atoms with van der Waals surface area (Å²) >= 11 is 0. The maximum Gasteiger partial charge on any atom is 0.412 e. The molecule has 6 atom stereocenters. The fourth-order valence-electron chi connectivity index (χ4n) is 8.06. The van der Waals surface area contributed by atoms with Gasteiger partial charge in [-0.2, -0.15) is 0 Å². The van der Waals surface area contributed by atoms with Crippen molar-refractivity contribution in [2.24, 2.45) is 0 Å². The maximum absolute atomic E-state index is 14.0. The molecule has 2 aliphatic carbocycles. The van der Waals surface area contributed by atoms with Crippen molar-refractivity contribution in [3.8, 4) is 17.2 Å². The molecule has 58 heavy (non-hydrogen) atoms. The van der Waals surface area contributed by atoms with Gasteiger partial charge in [-0.1, -0.05) is 37.6 Å². The minimum Gasteiger partial charge on any atom is -0.507 e. The monoisotopic (exact) mass is 804 g/mol. The van der Waals surface area contributed by atoms with Gasteiger partial charge in [0.05, 0.1) is 48.7 Å². The summed E-state index contributed by atoms with van der Waals surface area (Å²) in [7, 11) is 1.32. The first kappa shape index (κ1) is 40.6. The largest absolute Gasteiger partial charge is 0.507 e. The number of aromatic hydroxyl groups is 2. The lowest BCUT2D eigenvalue weighted by molar-refractivity contribution is -0.246. The van der Waals surface area contributed by atoms with Gasteiger partial charge in [-0.3, -0.25) is 24.6 Å². The van der Waals surface area contributed by atoms with Crippen molar-refractivity contribution in [1.29, 1.82) is 0 Å². The van der Waals surface area contributed by atoms with Gasteiger partial charge in [0, 0.05) is 41.6 Å². The second kappa shape index (κ2) is 16.3. The van der Waals surface area contributed by atoms with E-state index >= 15 is 0 Å². The number of rotatable bonds is 11. The fourth-order valence-corrected chi connectivity index (χ4v) is 8.06. The summed E-state index contributed by atoms with van der Waals surface area (Å²) in [6.07, 6.45) is -4.63. The molecule has 7 rings (SSSR count). The second-order valence-corrected chi connectivity index (χ2v) is 14.7. The topological polar surface area (TPSA) is 237 Å². The molecule has 0 radical (unpaired) electrons. The predicted octanol–water partition coefficient (Wildman–Crippen LogP) is 4.03. The molecule has 2 amide bonds. The van der Waals surface area contributed by atoms with Crippen LogP contribution in [0.3, 0.4) is 0 Å². The Morgan fingerprint density at radius 2 is 1.74 bits per heavy atom. The molecule has 0 bridgehead atoms. The van der Waals surface area contributed by atoms with Crippen LogP contribution in [-0.2, 0) is 41.5 Å². The van der Waals surface area contributed by atoms with E-state index < -0.39 is 108 Å². The highest BCUT2D eigenvalue weighted by Crippen LogP contribution is 2.53. The van der Waals surface area contributed by atoms with E-state index in [0.717, 1.165) is 12.8 Å². The minimum absolute atomic E-state index is 0.00326. The molecular weight excluding hydrogens is 760 g/mol. The van der Waals surface area contributed by atoms with E-state index in [4.69, 9.17) is 28.4 Å². The number of nitrogens with one attached hydrogen (secondary N) is 1. The summed E-state index contributed by atoms with van der Waals surface area (Å²) in [5.41, 5.74) is -2.77. The number of hydrogen-bond donors (Lipinski definition) is 5. The molecule has 5 N–H and O–H groups in total. The Bertz CT molecular complexity index is 2140. The number of benzene rings is 3. The van der Waals surface area contributed by atoms with E-state index in [1.165, 1.54) is 30.2 Å². The molecule has 17 nitrogen and oxygen atoms in total. The fraction of sp³-hybridized carbons (Fsp3) is 0.439. The molecule has 3 aromatic carbocycles. The average molecular weight is 805 g/mol. The van der Waals surface area contributed by atoms with Crippen LogP contribution in [0, 0.1) is 0 Å². The molecule has 4 aliphatic rings. The second-order valence-electron chi connectivity index (χ2n) is 14.7. The van der Waals surface area contributed by atoms with Crippen LogP contribution in [-0.4, -0.2) is 112 Å². The summed E-state index contributed by atoms with van der Waals surface area (Å²) in [6.45, 7) is 2.71. The highest BCUT2D eigenvalue weighted by atomic mass is 16.7. The van der Waals surface area contributed by atoms with Crippen molar-refractivity contribution < 1.29 is 72.8 Å². The van der Waals surface area contributed by atoms with Crippen molar-refractivity contribution in [2.75, 3.05) is 32.4 Å². The van der Waals surface area contributed by atoms with Crippen LogP contribution in [0.4, 0.5) is 15.3 Å². The molecule has 17 heteroatoms. The Hall–Kier alpha value is -5.59. The van der Waals surface area contributed by atoms with Crippen LogP contribution in [0.1, 0.15) is 94.2 Å². The van der Waals surface area contributed by atoms with Gasteiger partial charge in [0.25, 0.3) is 0 Å². The number of aliphatic hydroxyl groups is 2. The number of phenols is 2. The summed E-state index contributed by atoms with van der Waals surface area (Å²) in [5, 5.41) is 47.5. The van der Waals surface area contributed by atoms with Gasteiger partial charge in [-0.15, -0.1) is 0 Å². The molecule has 2 fully saturated rings. The van der Waals surface area contributed by atoms with E-state index in [0.29, 0.717) is 17.9 Å². The Morgan fingerprint density at radius 3 is 2.45 bits per heavy atom. The molecule has 0 spiro atoms. The number of Topliss-reactive ketones (excluding diaryl/α,β-unsaturated/α-hetero) is 1. The number of ketones is 3. The van der Waals surface area contributed by atoms with Crippen LogP contribution in [0.25, 0.3) is 0 Å². The molecule has 2 saturated heterocycles. The van der Waals surface area contributed by atoms with Gasteiger partial charge in [0.2, 0.25) is 5.78 Å². The standard InChI is InChI=1S/C41H44N2O15/c1-4-5-13-54-39(50)42-22-11-9-21(10-12-22)18-55-40(51)43-19-56-38-20(2)57-29(14-25(38)43)58-27-16-41(52,28(45)17-44)15-24-31(27)37(49)33-32(35(24)47)34(46)23-7-6-8-26(53-3)30(23)36(33)48/h6-12,20,25,27,29,38,44,47,49,52H,4-5,13-19H2,1-3H3,(H,42,50)/t20-,25-,27-,29-,38+,41-/m0/s1. The van der Waals surface area contributed by atoms with Crippen molar-refractivity contribution >= 4 is 35.2 Å². The number of carbonyl (C=O) groups excluding carboxylic acids is 5. The number of phenolic OH excluding ortho intramolecular Hbond substituents is 2. The van der Waals surface area contributed by atoms with Gasteiger partial charge >= 0.3 is 12.2 Å². The van der Waals surface area contributed by atoms with Crippen molar-refractivity contribution in [3.05, 3.63) is 81.4 Å². The first-order valence-electron chi connectivity index (χ1n) is 18.9. The molecule has 3 aromatic rings. The number of anilines is 1. The minimum atomic E-state index is -2.32. The van der Waals surface area contributed by atoms with Gasteiger partial charge in [0.1, 0.15) is 48.9 Å². The Morgan fingerprint density at radius 1 is 1.00 bits per heavy atom. The van der Waals surface area contributed by atoms with Crippen LogP contribution in [0.5, 0.6) is 17.2 Å². The summed E-state index contributed by atoms with van der Waals surface area (Å²) in [6, 6.07) is 10.4. The molecule has 0 saturated carbocycles. The zero-order chi connectivity index (χ0) is 41.5. The molecule has 0 unspecified atom stereocenters. The van der Waals surface area contributed by atoms with Gasteiger partial charge in [-0.05, 0) is 37.1 Å². The quantitative estimate of drug-likeness (QED) is 0.106. The summed E-state index contributed by atoms with van der Waals surface area (Å²) in [4.78, 5) is 67.6. The van der Waals surface area contributed by atoms with Crippen LogP contribution in [0.15, 0.2) is 42.5 Å². The highest BCUT2D eigenvalue weighted by Gasteiger charge is 2.52. The van der Waals surface area contributed by atoms with Gasteiger partial charge in [0.15, 0.2) is 17.9 Å². The van der Waals surface area contributed by atoms with Gasteiger partial charge < -0.3 is 48.8 Å². The lowest BCUT2D eigenvalue weighted by Gasteiger charge is -2.42. The van der Waals surface area contributed by atoms with E-state index in [-0.39, 0.29) is 47.8 Å². The first-order valence-corrected chi connectivity index (χ1v) is 18.9. The number of unbranched alkanes of at least 4 members (excludes halogenated alkanes) is 1. The number of nitrogens with zero attached hydrogens (tertiary/aromatic N) is 1. The van der Waals surface area contributed by atoms with Crippen LogP contribution < -0.4 is 10.1 Å². The summed E-state index contributed by atoms with van der Waals surface area (Å²) < 4.78 is 34.5. The Balaban J connectivity index is 1.11. The number of ether oxygens (including phenoxy) is 6. The van der Waals surface area contributed by atoms with E-state index in [2.05, 4.69) is 5.32 Å². The highest BCUT2D eigenvalue weighted by molar-refractivity contribution is 6.31. The molecule has 0 aromatic heterocycles. The average Bonchev–Trinajstić information content (AvgIpc) is 3.65. The maximum atomic E-state index is 14.0. The smallest absolute Gasteiger partial charge is 0.412 e. The molecule has 2 aliphatic heterocycles. The van der Waals surface area contributed by atoms with Gasteiger partial charge in [-0.25, -0.2) is 9.59 Å². The number of aliphatic hydroxyl groups excluding tert-OH is 1. The Labute approximate surface area is 332 Å². The third kappa shape index (κ3) is 7.35. The zero-order valence-electron chi connectivity index (χ0n) is 32.0. The molecule has 2 heterocycles. The number of carbonyl (C=O) groups is 5. The third-order valence-electron chi connectivity index (χ3n) is 11.0. The zero-order valence-corrected chi connectivity index (χ0v) is 32.0. The number of fused-ring (bicyclic) bond motifs is 4. The van der Waals surface area contributed by atoms with Crippen molar-refractivity contribution in [1.82, 2.24) is 4.90 Å². The van der Waals surface area contributed by atoms with Crippen LogP contribution >= 0.6 is 0 Å². The lowest BCUT2D eigenvalue weighted by atomic mass is 9.72. The van der Waals surface area contributed by atoms with Crippen LogP contribution in [0.2, 0.25) is 0 Å². The van der Waals surface area contributed by atoms with E-state index in [9.17, 15) is 44.4 Å².